The number of aliphatic imine (C=N–C) groups is 1. The molecule has 0 aliphatic carbocycles. The van der Waals surface area contributed by atoms with Crippen LogP contribution in [-0.4, -0.2) is 120 Å². The third-order valence-electron chi connectivity index (χ3n) is 14.2. The van der Waals surface area contributed by atoms with Crippen molar-refractivity contribution in [1.29, 1.82) is 0 Å². The molecular formula is C51H66N4O9S. The first-order chi connectivity index (χ1) is 30.9. The zero-order valence-corrected chi connectivity index (χ0v) is 40.3. The number of likely N-dealkylation sites (N-methyl/N-ethyl adjacent to an activating group) is 1. The SMILES string of the molecule is CC[C@@H]1OC(=O)[C@H](C)C(=O)[C@H](C)[C@@H](OC2O[C@H](C)C[C@H](N(C)C)[C@H]2O)[C@@](C)(CC#Cc2ccc(/C=N\OCc3cccc4ccccc34)s2)C[C@@H](C)C2=NCCN3C(=O)O[C@@]1(C)[C@H]3[C@@H]2C. The normalized spacial score (nSPS) is 34.6. The van der Waals surface area contributed by atoms with Gasteiger partial charge < -0.3 is 33.8 Å². The molecule has 13 atom stereocenters. The molecule has 2 aromatic carbocycles. The quantitative estimate of drug-likeness (QED) is 0.0739. The average Bonchev–Trinajstić information content (AvgIpc) is 3.77. The number of amides is 1. The highest BCUT2D eigenvalue weighted by molar-refractivity contribution is 7.14. The molecule has 14 heteroatoms. The van der Waals surface area contributed by atoms with Gasteiger partial charge in [0.05, 0.1) is 35.9 Å². The van der Waals surface area contributed by atoms with Crippen molar-refractivity contribution in [1.82, 2.24) is 9.80 Å². The number of fused-ring (bicyclic) bond motifs is 2. The number of benzene rings is 2. The number of ketones is 1. The molecule has 13 nitrogen and oxygen atoms in total. The van der Waals surface area contributed by atoms with Crippen molar-refractivity contribution in [3.8, 4) is 11.8 Å². The van der Waals surface area contributed by atoms with Gasteiger partial charge in [0, 0.05) is 46.8 Å². The van der Waals surface area contributed by atoms with Crippen LogP contribution in [0.5, 0.6) is 0 Å². The molecule has 3 saturated heterocycles. The third-order valence-corrected chi connectivity index (χ3v) is 15.1. The zero-order chi connectivity index (χ0) is 46.8. The summed E-state index contributed by atoms with van der Waals surface area (Å²) in [6.07, 6.45) is -1.04. The number of thiophene rings is 1. The standard InChI is InChI=1S/C51H66N4O9S/c1-11-41-51(8)45-32(4)42(52-24-25-55(45)49(59)64-51)30(2)27-50(7,46(33(5)43(56)34(6)47(58)62-41)63-48-44(57)40(54(9)10)26-31(3)61-48)23-15-19-37-21-22-38(65-37)28-53-60-29-36-18-14-17-35-16-12-13-20-39(35)36/h12-14,16-18,20-22,28,30-34,40-41,44-46,48,57H,11,23-27,29H2,1-10H3/b53-28-/t30-,31-,32-,33+,34-,40+,41+,44-,45-,46-,48?,50+,51-/m1/s1. The Morgan fingerprint density at radius 1 is 1.03 bits per heavy atom. The third kappa shape index (κ3) is 10.1. The van der Waals surface area contributed by atoms with E-state index in [-0.39, 0.29) is 36.2 Å². The highest BCUT2D eigenvalue weighted by Crippen LogP contribution is 2.46. The van der Waals surface area contributed by atoms with Crippen LogP contribution in [0.25, 0.3) is 10.8 Å². The van der Waals surface area contributed by atoms with Crippen molar-refractivity contribution < 1.29 is 43.3 Å². The summed E-state index contributed by atoms with van der Waals surface area (Å²) in [4.78, 5) is 58.7. The summed E-state index contributed by atoms with van der Waals surface area (Å²) in [7, 11) is 3.83. The molecule has 0 spiro atoms. The lowest BCUT2D eigenvalue weighted by atomic mass is 9.66. The second-order valence-corrected chi connectivity index (χ2v) is 20.4. The van der Waals surface area contributed by atoms with E-state index in [9.17, 15) is 19.5 Å². The van der Waals surface area contributed by atoms with E-state index >= 15 is 0 Å². The molecule has 7 rings (SSSR count). The Hall–Kier alpha value is -4.65. The lowest BCUT2D eigenvalue weighted by Crippen LogP contribution is -2.58. The van der Waals surface area contributed by atoms with Gasteiger partial charge in [-0.1, -0.05) is 94.1 Å². The molecule has 1 N–H and O–H groups in total. The summed E-state index contributed by atoms with van der Waals surface area (Å²) in [6, 6.07) is 17.5. The summed E-state index contributed by atoms with van der Waals surface area (Å²) in [5.74, 6) is 3.30. The number of hydrogen-bond donors (Lipinski definition) is 1. The van der Waals surface area contributed by atoms with Crippen molar-refractivity contribution >= 4 is 51.9 Å². The van der Waals surface area contributed by atoms with Crippen LogP contribution in [0.3, 0.4) is 0 Å². The van der Waals surface area contributed by atoms with Crippen molar-refractivity contribution in [2.45, 2.75) is 136 Å². The largest absolute Gasteiger partial charge is 0.458 e. The molecule has 0 radical (unpaired) electrons. The van der Waals surface area contributed by atoms with Crippen LogP contribution in [0, 0.1) is 40.9 Å². The smallest absolute Gasteiger partial charge is 0.410 e. The topological polar surface area (TPSA) is 149 Å². The van der Waals surface area contributed by atoms with Crippen molar-refractivity contribution in [2.24, 2.45) is 39.2 Å². The van der Waals surface area contributed by atoms with Gasteiger partial charge in [-0.15, -0.1) is 11.3 Å². The van der Waals surface area contributed by atoms with Gasteiger partial charge in [0.25, 0.3) is 0 Å². The van der Waals surface area contributed by atoms with Crippen LogP contribution >= 0.6 is 11.3 Å². The molecule has 4 aliphatic heterocycles. The number of cyclic esters (lactones) is 1. The van der Waals surface area contributed by atoms with Crippen LogP contribution in [0.4, 0.5) is 4.79 Å². The first-order valence-corrected chi connectivity index (χ1v) is 23.9. The van der Waals surface area contributed by atoms with E-state index in [0.717, 1.165) is 31.8 Å². The van der Waals surface area contributed by atoms with E-state index in [1.165, 1.54) is 11.3 Å². The van der Waals surface area contributed by atoms with Gasteiger partial charge in [-0.05, 0) is 88.5 Å². The van der Waals surface area contributed by atoms with E-state index in [1.807, 2.05) is 76.2 Å². The monoisotopic (exact) mass is 910 g/mol. The molecular weight excluding hydrogens is 845 g/mol. The number of rotatable bonds is 9. The zero-order valence-electron chi connectivity index (χ0n) is 39.5. The second-order valence-electron chi connectivity index (χ2n) is 19.2. The van der Waals surface area contributed by atoms with E-state index < -0.39 is 65.6 Å². The number of ether oxygens (including phenoxy) is 4. The fourth-order valence-corrected chi connectivity index (χ4v) is 11.6. The van der Waals surface area contributed by atoms with Gasteiger partial charge >= 0.3 is 12.1 Å². The fourth-order valence-electron chi connectivity index (χ4n) is 10.9. The molecule has 1 unspecified atom stereocenters. The first-order valence-electron chi connectivity index (χ1n) is 23.1. The van der Waals surface area contributed by atoms with Crippen LogP contribution in [0.15, 0.2) is 64.7 Å². The van der Waals surface area contributed by atoms with Gasteiger partial charge in [0.2, 0.25) is 0 Å². The Morgan fingerprint density at radius 3 is 2.54 bits per heavy atom. The highest BCUT2D eigenvalue weighted by Gasteiger charge is 2.60. The van der Waals surface area contributed by atoms with Crippen LogP contribution in [0.1, 0.15) is 96.4 Å². The minimum Gasteiger partial charge on any atom is -0.458 e. The number of Topliss-reactive ketones (excluding diaryl/α,β-unsaturated/α-hetero) is 1. The lowest BCUT2D eigenvalue weighted by Gasteiger charge is -2.47. The molecule has 3 fully saturated rings. The fraction of sp³-hybridized carbons (Fsp3) is 0.588. The number of carbonyl (C=O) groups is 3. The molecule has 3 aromatic rings. The predicted molar refractivity (Wildman–Crippen MR) is 252 cm³/mol. The predicted octanol–water partition coefficient (Wildman–Crippen LogP) is 7.88. The van der Waals surface area contributed by atoms with Crippen molar-refractivity contribution in [3.63, 3.8) is 0 Å². The van der Waals surface area contributed by atoms with Gasteiger partial charge in [0.15, 0.2) is 17.7 Å². The second kappa shape index (κ2) is 20.1. The molecule has 1 aromatic heterocycles. The molecule has 2 bridgehead atoms. The number of aliphatic hydroxyl groups excluding tert-OH is 1. The van der Waals surface area contributed by atoms with E-state index in [0.29, 0.717) is 39.0 Å². The maximum Gasteiger partial charge on any atom is 0.410 e. The summed E-state index contributed by atoms with van der Waals surface area (Å²) in [5.41, 5.74) is -0.0940. The van der Waals surface area contributed by atoms with E-state index in [4.69, 9.17) is 28.8 Å². The lowest BCUT2D eigenvalue weighted by molar-refractivity contribution is -0.286. The maximum atomic E-state index is 14.7. The first kappa shape index (κ1) is 48.3. The Labute approximate surface area is 387 Å². The molecule has 4 aliphatic rings. The number of hydrogen-bond acceptors (Lipinski definition) is 13. The minimum absolute atomic E-state index is 0.169. The highest BCUT2D eigenvalue weighted by atomic mass is 32.1. The van der Waals surface area contributed by atoms with Crippen LogP contribution in [-0.2, 0) is 40.0 Å². The van der Waals surface area contributed by atoms with Gasteiger partial charge in [-0.3, -0.25) is 19.5 Å². The van der Waals surface area contributed by atoms with Gasteiger partial charge in [0.1, 0.15) is 24.7 Å². The Morgan fingerprint density at radius 2 is 1.78 bits per heavy atom. The summed E-state index contributed by atoms with van der Waals surface area (Å²) >= 11 is 1.49. The minimum atomic E-state index is -1.19. The van der Waals surface area contributed by atoms with Crippen LogP contribution < -0.4 is 0 Å². The number of aliphatic hydroxyl groups is 1. The number of esters is 1. The summed E-state index contributed by atoms with van der Waals surface area (Å²) in [6.45, 7) is 16.4. The maximum absolute atomic E-state index is 14.7. The molecule has 0 saturated carbocycles. The molecule has 65 heavy (non-hydrogen) atoms. The number of nitrogens with zero attached hydrogens (tertiary/aromatic N) is 4. The number of oxime groups is 1. The van der Waals surface area contributed by atoms with E-state index in [1.54, 1.807) is 25.0 Å². The molecule has 350 valence electrons. The molecule has 5 heterocycles. The van der Waals surface area contributed by atoms with E-state index in [2.05, 4.69) is 56.0 Å². The Balaban J connectivity index is 1.22. The number of carbonyl (C=O) groups excluding carboxylic acids is 3. The summed E-state index contributed by atoms with van der Waals surface area (Å²) < 4.78 is 25.7. The van der Waals surface area contributed by atoms with Gasteiger partial charge in [-0.25, -0.2) is 4.79 Å². The molecule has 1 amide bonds. The average molecular weight is 911 g/mol. The Kier molecular flexibility index (Phi) is 14.9. The van der Waals surface area contributed by atoms with Crippen molar-refractivity contribution in [3.05, 3.63) is 69.9 Å². The summed E-state index contributed by atoms with van der Waals surface area (Å²) in [5, 5.41) is 18.3. The Bertz CT molecular complexity index is 2330. The van der Waals surface area contributed by atoms with Crippen LogP contribution in [0.2, 0.25) is 0 Å². The van der Waals surface area contributed by atoms with Crippen molar-refractivity contribution in [2.75, 3.05) is 27.2 Å². The van der Waals surface area contributed by atoms with Gasteiger partial charge in [-0.2, -0.15) is 0 Å².